The highest BCUT2D eigenvalue weighted by Crippen LogP contribution is 2.24. The number of urea groups is 1. The van der Waals surface area contributed by atoms with E-state index in [2.05, 4.69) is 29.7 Å². The predicted octanol–water partition coefficient (Wildman–Crippen LogP) is 3.58. The highest BCUT2D eigenvalue weighted by molar-refractivity contribution is 5.90. The van der Waals surface area contributed by atoms with Crippen LogP contribution in [0.3, 0.4) is 0 Å². The summed E-state index contributed by atoms with van der Waals surface area (Å²) in [6, 6.07) is 7.52. The summed E-state index contributed by atoms with van der Waals surface area (Å²) in [6.07, 6.45) is 8.29. The smallest absolute Gasteiger partial charge is 0.319 e. The molecule has 24 heavy (non-hydrogen) atoms. The third kappa shape index (κ3) is 5.55. The van der Waals surface area contributed by atoms with Gasteiger partial charge in [-0.15, -0.1) is 0 Å². The first kappa shape index (κ1) is 18.3. The van der Waals surface area contributed by atoms with E-state index in [4.69, 9.17) is 5.73 Å². The lowest BCUT2D eigenvalue weighted by Gasteiger charge is -2.29. The van der Waals surface area contributed by atoms with Gasteiger partial charge in [-0.05, 0) is 43.4 Å². The molecule has 0 aliphatic heterocycles. The molecule has 1 aromatic rings. The molecule has 2 rings (SSSR count). The Kier molecular flexibility index (Phi) is 7.09. The summed E-state index contributed by atoms with van der Waals surface area (Å²) in [6.45, 7) is 2.20. The zero-order valence-corrected chi connectivity index (χ0v) is 14.5. The van der Waals surface area contributed by atoms with E-state index in [-0.39, 0.29) is 23.9 Å². The molecular weight excluding hydrogens is 302 g/mol. The largest absolute Gasteiger partial charge is 0.369 e. The quantitative estimate of drug-likeness (QED) is 0.667. The van der Waals surface area contributed by atoms with E-state index in [1.807, 2.05) is 12.1 Å². The molecule has 1 aliphatic rings. The van der Waals surface area contributed by atoms with Crippen LogP contribution in [0.5, 0.6) is 0 Å². The highest BCUT2D eigenvalue weighted by atomic mass is 16.2. The van der Waals surface area contributed by atoms with Crippen LogP contribution < -0.4 is 16.4 Å². The Bertz CT molecular complexity index is 542. The Hall–Kier alpha value is -2.04. The van der Waals surface area contributed by atoms with Gasteiger partial charge in [0.05, 0.1) is 5.92 Å². The van der Waals surface area contributed by atoms with Crippen molar-refractivity contribution in [3.63, 3.8) is 0 Å². The Morgan fingerprint density at radius 2 is 1.83 bits per heavy atom. The molecule has 5 heteroatoms. The Morgan fingerprint density at radius 3 is 2.50 bits per heavy atom. The number of hydrogen-bond acceptors (Lipinski definition) is 2. The number of primary amides is 1. The number of nitrogens with one attached hydrogen (secondary N) is 2. The number of carbonyl (C=O) groups excluding carboxylic acids is 2. The van der Waals surface area contributed by atoms with E-state index >= 15 is 0 Å². The van der Waals surface area contributed by atoms with Crippen LogP contribution in [0.4, 0.5) is 10.5 Å². The number of rotatable bonds is 7. The molecular formula is C19H29N3O2. The molecule has 132 valence electrons. The van der Waals surface area contributed by atoms with Gasteiger partial charge in [-0.2, -0.15) is 0 Å². The molecule has 3 amide bonds. The van der Waals surface area contributed by atoms with Crippen LogP contribution in [-0.2, 0) is 11.2 Å². The summed E-state index contributed by atoms with van der Waals surface area (Å²) in [7, 11) is 0. The Labute approximate surface area is 144 Å². The molecule has 0 heterocycles. The number of anilines is 1. The maximum absolute atomic E-state index is 12.2. The third-order valence-corrected chi connectivity index (χ3v) is 4.73. The lowest BCUT2D eigenvalue weighted by atomic mass is 9.84. The van der Waals surface area contributed by atoms with Crippen molar-refractivity contribution in [2.24, 2.45) is 11.7 Å². The van der Waals surface area contributed by atoms with Crippen LogP contribution in [0, 0.1) is 5.92 Å². The first-order chi connectivity index (χ1) is 11.6. The SMILES string of the molecule is CCCCCc1ccc(NC(=O)NC2CCCCC2C(N)=O)cc1. The molecule has 1 aliphatic carbocycles. The van der Waals surface area contributed by atoms with Crippen molar-refractivity contribution in [2.75, 3.05) is 5.32 Å². The fourth-order valence-corrected chi connectivity index (χ4v) is 3.31. The maximum atomic E-state index is 12.2. The first-order valence-electron chi connectivity index (χ1n) is 9.06. The van der Waals surface area contributed by atoms with Gasteiger partial charge in [0.15, 0.2) is 0 Å². The minimum Gasteiger partial charge on any atom is -0.369 e. The van der Waals surface area contributed by atoms with Crippen LogP contribution in [-0.4, -0.2) is 18.0 Å². The second-order valence-corrected chi connectivity index (χ2v) is 6.65. The molecule has 0 saturated heterocycles. The summed E-state index contributed by atoms with van der Waals surface area (Å²) < 4.78 is 0. The molecule has 0 aromatic heterocycles. The van der Waals surface area contributed by atoms with Crippen LogP contribution in [0.15, 0.2) is 24.3 Å². The summed E-state index contributed by atoms with van der Waals surface area (Å²) >= 11 is 0. The molecule has 1 aromatic carbocycles. The number of carbonyl (C=O) groups is 2. The average molecular weight is 331 g/mol. The van der Waals surface area contributed by atoms with Gasteiger partial charge >= 0.3 is 6.03 Å². The third-order valence-electron chi connectivity index (χ3n) is 4.73. The van der Waals surface area contributed by atoms with E-state index in [0.717, 1.165) is 37.8 Å². The zero-order chi connectivity index (χ0) is 17.4. The van der Waals surface area contributed by atoms with Crippen molar-refractivity contribution in [3.05, 3.63) is 29.8 Å². The normalized spacial score (nSPS) is 20.4. The van der Waals surface area contributed by atoms with Gasteiger partial charge in [0.25, 0.3) is 0 Å². The highest BCUT2D eigenvalue weighted by Gasteiger charge is 2.30. The summed E-state index contributed by atoms with van der Waals surface area (Å²) in [5.41, 5.74) is 7.49. The standard InChI is InChI=1S/C19H29N3O2/c1-2-3-4-7-14-10-12-15(13-11-14)21-19(24)22-17-9-6-5-8-16(17)18(20)23/h10-13,16-17H,2-9H2,1H3,(H2,20,23)(H2,21,22,24). The molecule has 2 unspecified atom stereocenters. The van der Waals surface area contributed by atoms with Gasteiger partial charge in [0, 0.05) is 11.7 Å². The first-order valence-corrected chi connectivity index (χ1v) is 9.06. The molecule has 2 atom stereocenters. The fourth-order valence-electron chi connectivity index (χ4n) is 3.31. The van der Waals surface area contributed by atoms with Gasteiger partial charge in [-0.25, -0.2) is 4.79 Å². The van der Waals surface area contributed by atoms with E-state index in [0.29, 0.717) is 0 Å². The van der Waals surface area contributed by atoms with Crippen molar-refractivity contribution in [1.82, 2.24) is 5.32 Å². The van der Waals surface area contributed by atoms with Crippen molar-refractivity contribution in [3.8, 4) is 0 Å². The van der Waals surface area contributed by atoms with Crippen LogP contribution in [0.1, 0.15) is 57.4 Å². The zero-order valence-electron chi connectivity index (χ0n) is 14.5. The number of hydrogen-bond donors (Lipinski definition) is 3. The second kappa shape index (κ2) is 9.30. The van der Waals surface area contributed by atoms with Crippen LogP contribution in [0.25, 0.3) is 0 Å². The van der Waals surface area contributed by atoms with Crippen molar-refractivity contribution in [1.29, 1.82) is 0 Å². The van der Waals surface area contributed by atoms with Gasteiger partial charge in [0.1, 0.15) is 0 Å². The molecule has 1 saturated carbocycles. The Balaban J connectivity index is 1.84. The number of aryl methyl sites for hydroxylation is 1. The van der Waals surface area contributed by atoms with Crippen molar-refractivity contribution >= 4 is 17.6 Å². The lowest BCUT2D eigenvalue weighted by molar-refractivity contribution is -0.123. The lowest BCUT2D eigenvalue weighted by Crippen LogP contribution is -2.48. The van der Waals surface area contributed by atoms with E-state index in [1.54, 1.807) is 0 Å². The Morgan fingerprint density at radius 1 is 1.12 bits per heavy atom. The summed E-state index contributed by atoms with van der Waals surface area (Å²) in [5.74, 6) is -0.582. The number of benzene rings is 1. The minimum atomic E-state index is -0.323. The minimum absolute atomic E-state index is 0.162. The summed E-state index contributed by atoms with van der Waals surface area (Å²) in [5, 5.41) is 5.75. The van der Waals surface area contributed by atoms with E-state index in [9.17, 15) is 9.59 Å². The van der Waals surface area contributed by atoms with Crippen LogP contribution in [0.2, 0.25) is 0 Å². The van der Waals surface area contributed by atoms with Gasteiger partial charge in [0.2, 0.25) is 5.91 Å². The molecule has 0 spiro atoms. The number of nitrogens with two attached hydrogens (primary N) is 1. The molecule has 1 fully saturated rings. The predicted molar refractivity (Wildman–Crippen MR) is 96.8 cm³/mol. The van der Waals surface area contributed by atoms with E-state index < -0.39 is 0 Å². The van der Waals surface area contributed by atoms with Crippen LogP contribution >= 0.6 is 0 Å². The molecule has 0 bridgehead atoms. The van der Waals surface area contributed by atoms with Gasteiger partial charge < -0.3 is 16.4 Å². The fraction of sp³-hybridized carbons (Fsp3) is 0.579. The summed E-state index contributed by atoms with van der Waals surface area (Å²) in [4.78, 5) is 23.7. The molecule has 5 nitrogen and oxygen atoms in total. The number of amides is 3. The number of unbranched alkanes of at least 4 members (excludes halogenated alkanes) is 2. The van der Waals surface area contributed by atoms with E-state index in [1.165, 1.54) is 24.8 Å². The van der Waals surface area contributed by atoms with Gasteiger partial charge in [-0.3, -0.25) is 4.79 Å². The average Bonchev–Trinajstić information content (AvgIpc) is 2.57. The molecule has 0 radical (unpaired) electrons. The maximum Gasteiger partial charge on any atom is 0.319 e. The topological polar surface area (TPSA) is 84.2 Å². The molecule has 4 N–H and O–H groups in total. The van der Waals surface area contributed by atoms with Gasteiger partial charge in [-0.1, -0.05) is 44.7 Å². The van der Waals surface area contributed by atoms with Crippen molar-refractivity contribution in [2.45, 2.75) is 64.3 Å². The monoisotopic (exact) mass is 331 g/mol. The van der Waals surface area contributed by atoms with Crippen molar-refractivity contribution < 1.29 is 9.59 Å². The second-order valence-electron chi connectivity index (χ2n) is 6.65.